The molecule has 0 aliphatic heterocycles. The first-order chi connectivity index (χ1) is 11.1. The molecule has 0 bridgehead atoms. The van der Waals surface area contributed by atoms with E-state index in [0.717, 1.165) is 29.6 Å². The smallest absolute Gasteiger partial charge is 0.318 e. The van der Waals surface area contributed by atoms with Crippen LogP contribution in [0.1, 0.15) is 18.4 Å². The predicted octanol–water partition coefficient (Wildman–Crippen LogP) is 2.60. The van der Waals surface area contributed by atoms with Crippen molar-refractivity contribution in [1.29, 1.82) is 0 Å². The lowest BCUT2D eigenvalue weighted by molar-refractivity contribution is 0.331. The molecule has 9 heteroatoms. The van der Waals surface area contributed by atoms with Gasteiger partial charge in [0.2, 0.25) is 0 Å². The van der Waals surface area contributed by atoms with E-state index in [2.05, 4.69) is 19.0 Å². The van der Waals surface area contributed by atoms with Gasteiger partial charge in [-0.3, -0.25) is 0 Å². The van der Waals surface area contributed by atoms with Crippen molar-refractivity contribution in [2.24, 2.45) is 0 Å². The molecule has 0 amide bonds. The summed E-state index contributed by atoms with van der Waals surface area (Å²) in [5.74, 6) is 4.44. The molecule has 1 N–H and O–H groups in total. The molecule has 0 aliphatic carbocycles. The van der Waals surface area contributed by atoms with Crippen LogP contribution in [0.5, 0.6) is 5.88 Å². The molecule has 0 aliphatic rings. The number of nitrogens with zero attached hydrogens (tertiary/aromatic N) is 3. The van der Waals surface area contributed by atoms with Crippen molar-refractivity contribution >= 4 is 28.7 Å². The first-order valence-electron chi connectivity index (χ1n) is 7.35. The summed E-state index contributed by atoms with van der Waals surface area (Å²) in [6, 6.07) is 4.03. The summed E-state index contributed by atoms with van der Waals surface area (Å²) in [6.07, 6.45) is 0. The van der Waals surface area contributed by atoms with Crippen molar-refractivity contribution in [2.45, 2.75) is 19.2 Å². The Bertz CT molecular complexity index is 601. The zero-order valence-corrected chi connectivity index (χ0v) is 15.2. The van der Waals surface area contributed by atoms with Gasteiger partial charge in [0.05, 0.1) is 18.9 Å². The van der Waals surface area contributed by atoms with Crippen molar-refractivity contribution in [3.8, 4) is 5.88 Å². The number of hydrogen-bond donors (Lipinski definition) is 1. The minimum atomic E-state index is -1.56. The van der Waals surface area contributed by atoms with Gasteiger partial charge in [-0.1, -0.05) is 0 Å². The molecular formula is C14H22N4O3S2. The SMILES string of the molecule is CCOc1n[s+]([O-])nc1NCCSCc1ccc(CN(C)C)o1. The van der Waals surface area contributed by atoms with E-state index in [9.17, 15) is 4.55 Å². The van der Waals surface area contributed by atoms with E-state index in [0.29, 0.717) is 24.8 Å². The van der Waals surface area contributed by atoms with E-state index in [1.807, 2.05) is 33.2 Å². The highest BCUT2D eigenvalue weighted by Crippen LogP contribution is 2.25. The zero-order chi connectivity index (χ0) is 16.7. The quantitative estimate of drug-likeness (QED) is 0.512. The Labute approximate surface area is 143 Å². The van der Waals surface area contributed by atoms with Crippen LogP contribution in [0, 0.1) is 0 Å². The lowest BCUT2D eigenvalue weighted by Crippen LogP contribution is -2.09. The Morgan fingerprint density at radius 2 is 2.13 bits per heavy atom. The molecular weight excluding hydrogens is 336 g/mol. The Morgan fingerprint density at radius 3 is 2.87 bits per heavy atom. The summed E-state index contributed by atoms with van der Waals surface area (Å²) in [4.78, 5) is 2.07. The molecule has 0 fully saturated rings. The maximum absolute atomic E-state index is 11.3. The van der Waals surface area contributed by atoms with Gasteiger partial charge in [-0.15, -0.1) is 0 Å². The highest BCUT2D eigenvalue weighted by atomic mass is 32.2. The van der Waals surface area contributed by atoms with Gasteiger partial charge < -0.3 is 23.9 Å². The third-order valence-electron chi connectivity index (χ3n) is 2.79. The first kappa shape index (κ1) is 18.1. The Kier molecular flexibility index (Phi) is 7.15. The molecule has 0 saturated carbocycles. The van der Waals surface area contributed by atoms with Crippen molar-refractivity contribution in [1.82, 2.24) is 13.6 Å². The lowest BCUT2D eigenvalue weighted by Gasteiger charge is -2.06. The fraction of sp³-hybridized carbons (Fsp3) is 0.571. The summed E-state index contributed by atoms with van der Waals surface area (Å²) >= 11 is 0.195. The van der Waals surface area contributed by atoms with Gasteiger partial charge in [-0.25, -0.2) is 0 Å². The molecule has 0 saturated heterocycles. The van der Waals surface area contributed by atoms with Crippen LogP contribution in [0.15, 0.2) is 16.5 Å². The van der Waals surface area contributed by atoms with Gasteiger partial charge in [-0.2, -0.15) is 11.8 Å². The molecule has 1 unspecified atom stereocenters. The summed E-state index contributed by atoms with van der Waals surface area (Å²) < 4.78 is 30.0. The van der Waals surface area contributed by atoms with Gasteiger partial charge in [0.15, 0.2) is 11.1 Å². The zero-order valence-electron chi connectivity index (χ0n) is 13.6. The molecule has 0 aromatic carbocycles. The molecule has 2 aromatic rings. The van der Waals surface area contributed by atoms with Gasteiger partial charge in [0.25, 0.3) is 5.82 Å². The second-order valence-electron chi connectivity index (χ2n) is 5.09. The van der Waals surface area contributed by atoms with Gasteiger partial charge >= 0.3 is 5.88 Å². The number of ether oxygens (including phenoxy) is 1. The van der Waals surface area contributed by atoms with Gasteiger partial charge in [-0.05, 0) is 33.2 Å². The molecule has 0 radical (unpaired) electrons. The maximum atomic E-state index is 11.3. The molecule has 2 heterocycles. The minimum Gasteiger partial charge on any atom is -0.546 e. The van der Waals surface area contributed by atoms with Crippen molar-refractivity contribution < 1.29 is 13.7 Å². The monoisotopic (exact) mass is 358 g/mol. The predicted molar refractivity (Wildman–Crippen MR) is 92.6 cm³/mol. The number of nitrogens with one attached hydrogen (secondary N) is 1. The fourth-order valence-electron chi connectivity index (χ4n) is 1.90. The number of aromatic nitrogens is 2. The molecule has 7 nitrogen and oxygen atoms in total. The molecule has 23 heavy (non-hydrogen) atoms. The average molecular weight is 358 g/mol. The summed E-state index contributed by atoms with van der Waals surface area (Å²) in [6.45, 7) is 3.82. The molecule has 0 spiro atoms. The Hall–Kier alpha value is -1.29. The number of thioether (sulfide) groups is 1. The maximum Gasteiger partial charge on any atom is 0.318 e. The molecule has 2 aromatic heterocycles. The van der Waals surface area contributed by atoms with Crippen LogP contribution in [0.2, 0.25) is 0 Å². The third kappa shape index (κ3) is 6.02. The lowest BCUT2D eigenvalue weighted by atomic mass is 10.4. The standard InChI is InChI=1S/C14H22N4O3S2/c1-4-20-14-13(16-23(19)17-14)15-7-8-22-10-12-6-5-11(21-12)9-18(2)3/h5-6H,4,7-10H2,1-3H3,(H,15,16). The number of anilines is 1. The Balaban J connectivity index is 1.68. The van der Waals surface area contributed by atoms with Gasteiger partial charge in [0.1, 0.15) is 11.5 Å². The second-order valence-corrected chi connectivity index (χ2v) is 7.02. The van der Waals surface area contributed by atoms with Crippen molar-refractivity contribution in [3.05, 3.63) is 23.7 Å². The van der Waals surface area contributed by atoms with E-state index in [4.69, 9.17) is 9.15 Å². The largest absolute Gasteiger partial charge is 0.546 e. The highest BCUT2D eigenvalue weighted by Gasteiger charge is 2.16. The Morgan fingerprint density at radius 1 is 1.35 bits per heavy atom. The summed E-state index contributed by atoms with van der Waals surface area (Å²) in [7, 11) is 4.03. The first-order valence-corrected chi connectivity index (χ1v) is 9.56. The normalized spacial score (nSPS) is 12.0. The van der Waals surface area contributed by atoms with Crippen LogP contribution < -0.4 is 10.1 Å². The highest BCUT2D eigenvalue weighted by molar-refractivity contribution is 7.98. The number of rotatable bonds is 10. The van der Waals surface area contributed by atoms with Gasteiger partial charge in [0, 0.05) is 21.0 Å². The van der Waals surface area contributed by atoms with Crippen LogP contribution >= 0.6 is 22.9 Å². The molecule has 2 rings (SSSR count). The van der Waals surface area contributed by atoms with E-state index < -0.39 is 11.1 Å². The number of furan rings is 1. The molecule has 128 valence electrons. The topological polar surface area (TPSA) is 86.5 Å². The van der Waals surface area contributed by atoms with E-state index in [1.165, 1.54) is 0 Å². The van der Waals surface area contributed by atoms with E-state index in [-0.39, 0.29) is 0 Å². The number of hydrogen-bond acceptors (Lipinski definition) is 8. The summed E-state index contributed by atoms with van der Waals surface area (Å²) in [5, 5.41) is 3.11. The van der Waals surface area contributed by atoms with Crippen LogP contribution in [-0.4, -0.2) is 51.2 Å². The van der Waals surface area contributed by atoms with Crippen molar-refractivity contribution in [2.75, 3.05) is 38.3 Å². The van der Waals surface area contributed by atoms with E-state index >= 15 is 0 Å². The van der Waals surface area contributed by atoms with Crippen LogP contribution in [0.25, 0.3) is 0 Å². The fourth-order valence-corrected chi connectivity index (χ4v) is 3.27. The molecule has 1 atom stereocenters. The van der Waals surface area contributed by atoms with Crippen LogP contribution in [-0.2, 0) is 12.3 Å². The third-order valence-corrected chi connectivity index (χ3v) is 4.43. The van der Waals surface area contributed by atoms with E-state index in [1.54, 1.807) is 11.8 Å². The minimum absolute atomic E-state index is 0.329. The van der Waals surface area contributed by atoms with Crippen LogP contribution in [0.3, 0.4) is 0 Å². The van der Waals surface area contributed by atoms with Crippen LogP contribution in [0.4, 0.5) is 5.82 Å². The summed E-state index contributed by atoms with van der Waals surface area (Å²) in [5.41, 5.74) is 0. The second kappa shape index (κ2) is 9.11. The van der Waals surface area contributed by atoms with Crippen molar-refractivity contribution in [3.63, 3.8) is 0 Å². The average Bonchev–Trinajstić information content (AvgIpc) is 3.05.